The Morgan fingerprint density at radius 2 is 1.62 bits per heavy atom. The average molecular weight is 320 g/mol. The summed E-state index contributed by atoms with van der Waals surface area (Å²) in [6.07, 6.45) is 0. The number of imidazole rings is 1. The molecule has 24 heavy (non-hydrogen) atoms. The summed E-state index contributed by atoms with van der Waals surface area (Å²) in [5.41, 5.74) is 7.08. The highest BCUT2D eigenvalue weighted by Crippen LogP contribution is 2.34. The zero-order chi connectivity index (χ0) is 16.7. The fourth-order valence-electron chi connectivity index (χ4n) is 3.48. The van der Waals surface area contributed by atoms with Crippen molar-refractivity contribution in [3.05, 3.63) is 53.2 Å². The first kappa shape index (κ1) is 15.2. The zero-order valence-corrected chi connectivity index (χ0v) is 14.6. The lowest BCUT2D eigenvalue weighted by molar-refractivity contribution is 0.583. The summed E-state index contributed by atoms with van der Waals surface area (Å²) >= 11 is 0. The van der Waals surface area contributed by atoms with Crippen molar-refractivity contribution in [2.45, 2.75) is 20.8 Å². The van der Waals surface area contributed by atoms with Crippen LogP contribution in [0.4, 0.5) is 5.82 Å². The largest absolute Gasteiger partial charge is 0.353 e. The van der Waals surface area contributed by atoms with Crippen LogP contribution in [0.25, 0.3) is 16.9 Å². The molecule has 124 valence electrons. The fraction of sp³-hybridized carbons (Fsp3) is 0.350. The van der Waals surface area contributed by atoms with Gasteiger partial charge < -0.3 is 10.2 Å². The molecule has 1 saturated heterocycles. The molecule has 2 aromatic heterocycles. The molecule has 0 aliphatic carbocycles. The molecule has 0 radical (unpaired) electrons. The number of nitrogens with zero attached hydrogens (tertiary/aromatic N) is 3. The average Bonchev–Trinajstić information content (AvgIpc) is 3.01. The molecule has 3 aromatic rings. The molecule has 0 atom stereocenters. The van der Waals surface area contributed by atoms with Crippen molar-refractivity contribution in [1.29, 1.82) is 0 Å². The van der Waals surface area contributed by atoms with E-state index in [0.29, 0.717) is 0 Å². The van der Waals surface area contributed by atoms with Gasteiger partial charge in [0.15, 0.2) is 0 Å². The van der Waals surface area contributed by atoms with Crippen LogP contribution in [0, 0.1) is 20.8 Å². The third kappa shape index (κ3) is 2.47. The van der Waals surface area contributed by atoms with Crippen molar-refractivity contribution in [2.24, 2.45) is 0 Å². The molecular formula is C20H24N4. The molecule has 0 saturated carbocycles. The summed E-state index contributed by atoms with van der Waals surface area (Å²) in [6, 6.07) is 13.1. The van der Waals surface area contributed by atoms with E-state index in [1.54, 1.807) is 0 Å². The van der Waals surface area contributed by atoms with Crippen LogP contribution in [0.3, 0.4) is 0 Å². The van der Waals surface area contributed by atoms with Crippen molar-refractivity contribution in [3.8, 4) is 11.3 Å². The van der Waals surface area contributed by atoms with Gasteiger partial charge in [0.2, 0.25) is 0 Å². The normalized spacial score (nSPS) is 15.2. The predicted molar refractivity (Wildman–Crippen MR) is 99.9 cm³/mol. The summed E-state index contributed by atoms with van der Waals surface area (Å²) in [7, 11) is 0. The molecule has 4 rings (SSSR count). The molecule has 1 aliphatic rings. The van der Waals surface area contributed by atoms with Crippen molar-refractivity contribution in [1.82, 2.24) is 14.7 Å². The molecule has 4 heteroatoms. The highest BCUT2D eigenvalue weighted by molar-refractivity contribution is 5.78. The van der Waals surface area contributed by atoms with E-state index in [-0.39, 0.29) is 0 Å². The Morgan fingerprint density at radius 1 is 0.917 bits per heavy atom. The maximum atomic E-state index is 5.05. The quantitative estimate of drug-likeness (QED) is 0.786. The molecule has 3 heterocycles. The summed E-state index contributed by atoms with van der Waals surface area (Å²) in [4.78, 5) is 7.52. The van der Waals surface area contributed by atoms with E-state index in [1.807, 2.05) is 0 Å². The standard InChI is InChI=1S/C20H24N4/c1-14-4-8-17(9-5-14)18-20(23-12-10-21-11-13-23)24-16(3)7-6-15(2)19(24)22-18/h4-9,21H,10-13H2,1-3H3. The van der Waals surface area contributed by atoms with Crippen molar-refractivity contribution in [3.63, 3.8) is 0 Å². The topological polar surface area (TPSA) is 32.6 Å². The number of benzene rings is 1. The second-order valence-electron chi connectivity index (χ2n) is 6.70. The van der Waals surface area contributed by atoms with E-state index in [2.05, 4.69) is 71.8 Å². The number of aryl methyl sites for hydroxylation is 3. The van der Waals surface area contributed by atoms with Crippen LogP contribution in [-0.4, -0.2) is 35.6 Å². The van der Waals surface area contributed by atoms with Gasteiger partial charge in [-0.1, -0.05) is 35.9 Å². The molecule has 0 unspecified atom stereocenters. The monoisotopic (exact) mass is 320 g/mol. The van der Waals surface area contributed by atoms with Gasteiger partial charge in [-0.25, -0.2) is 4.98 Å². The van der Waals surface area contributed by atoms with Crippen LogP contribution < -0.4 is 10.2 Å². The molecule has 1 aliphatic heterocycles. The molecule has 1 aromatic carbocycles. The Bertz CT molecular complexity index is 871. The van der Waals surface area contributed by atoms with Crippen LogP contribution >= 0.6 is 0 Å². The third-order valence-electron chi connectivity index (χ3n) is 4.87. The van der Waals surface area contributed by atoms with Crippen molar-refractivity contribution < 1.29 is 0 Å². The Hall–Kier alpha value is -2.33. The van der Waals surface area contributed by atoms with Gasteiger partial charge >= 0.3 is 0 Å². The lowest BCUT2D eigenvalue weighted by atomic mass is 10.1. The van der Waals surface area contributed by atoms with E-state index in [4.69, 9.17) is 4.98 Å². The number of nitrogens with one attached hydrogen (secondary N) is 1. The van der Waals surface area contributed by atoms with E-state index in [1.165, 1.54) is 28.2 Å². The fourth-order valence-corrected chi connectivity index (χ4v) is 3.48. The third-order valence-corrected chi connectivity index (χ3v) is 4.87. The van der Waals surface area contributed by atoms with E-state index < -0.39 is 0 Å². The van der Waals surface area contributed by atoms with Crippen LogP contribution in [0.2, 0.25) is 0 Å². The Morgan fingerprint density at radius 3 is 2.33 bits per heavy atom. The Labute approximate surface area is 143 Å². The van der Waals surface area contributed by atoms with Gasteiger partial charge in [0.25, 0.3) is 0 Å². The molecule has 4 nitrogen and oxygen atoms in total. The lowest BCUT2D eigenvalue weighted by Gasteiger charge is -2.30. The molecule has 1 N–H and O–H groups in total. The second-order valence-corrected chi connectivity index (χ2v) is 6.70. The first-order valence-corrected chi connectivity index (χ1v) is 8.66. The van der Waals surface area contributed by atoms with Gasteiger partial charge in [-0.05, 0) is 32.4 Å². The highest BCUT2D eigenvalue weighted by Gasteiger charge is 2.23. The van der Waals surface area contributed by atoms with Crippen LogP contribution in [0.5, 0.6) is 0 Å². The minimum Gasteiger partial charge on any atom is -0.353 e. The highest BCUT2D eigenvalue weighted by atomic mass is 15.3. The number of piperazine rings is 1. The lowest BCUT2D eigenvalue weighted by Crippen LogP contribution is -2.44. The molecule has 0 amide bonds. The molecule has 0 bridgehead atoms. The minimum absolute atomic E-state index is 1.01. The number of pyridine rings is 1. The van der Waals surface area contributed by atoms with Gasteiger partial charge in [-0.3, -0.25) is 4.40 Å². The predicted octanol–water partition coefficient (Wildman–Crippen LogP) is 3.34. The molecule has 1 fully saturated rings. The van der Waals surface area contributed by atoms with E-state index >= 15 is 0 Å². The van der Waals surface area contributed by atoms with Crippen molar-refractivity contribution >= 4 is 11.5 Å². The summed E-state index contributed by atoms with van der Waals surface area (Å²) in [5.74, 6) is 1.23. The van der Waals surface area contributed by atoms with E-state index in [9.17, 15) is 0 Å². The zero-order valence-electron chi connectivity index (χ0n) is 14.6. The van der Waals surface area contributed by atoms with Crippen LogP contribution in [0.15, 0.2) is 36.4 Å². The smallest absolute Gasteiger partial charge is 0.142 e. The maximum Gasteiger partial charge on any atom is 0.142 e. The minimum atomic E-state index is 1.01. The summed E-state index contributed by atoms with van der Waals surface area (Å²) in [5, 5.41) is 3.45. The van der Waals surface area contributed by atoms with Gasteiger partial charge in [-0.15, -0.1) is 0 Å². The summed E-state index contributed by atoms with van der Waals surface area (Å²) < 4.78 is 2.33. The van der Waals surface area contributed by atoms with E-state index in [0.717, 1.165) is 37.5 Å². The number of hydrogen-bond donors (Lipinski definition) is 1. The first-order valence-electron chi connectivity index (χ1n) is 8.66. The Kier molecular flexibility index (Phi) is 3.77. The second kappa shape index (κ2) is 5.95. The number of hydrogen-bond acceptors (Lipinski definition) is 3. The first-order chi connectivity index (χ1) is 11.6. The van der Waals surface area contributed by atoms with Gasteiger partial charge in [0.1, 0.15) is 17.2 Å². The Balaban J connectivity index is 1.99. The number of aromatic nitrogens is 2. The van der Waals surface area contributed by atoms with Gasteiger partial charge in [0.05, 0.1) is 0 Å². The molecule has 0 spiro atoms. The van der Waals surface area contributed by atoms with Gasteiger partial charge in [0, 0.05) is 37.4 Å². The SMILES string of the molecule is Cc1ccc(-c2nc3c(C)ccc(C)n3c2N2CCNCC2)cc1. The van der Waals surface area contributed by atoms with Gasteiger partial charge in [-0.2, -0.15) is 0 Å². The molecular weight excluding hydrogens is 296 g/mol. The summed E-state index contributed by atoms with van der Waals surface area (Å²) in [6.45, 7) is 10.5. The van der Waals surface area contributed by atoms with Crippen molar-refractivity contribution in [2.75, 3.05) is 31.1 Å². The number of anilines is 1. The number of fused-ring (bicyclic) bond motifs is 1. The van der Waals surface area contributed by atoms with Crippen LogP contribution in [-0.2, 0) is 0 Å². The maximum absolute atomic E-state index is 5.05. The van der Waals surface area contributed by atoms with Crippen LogP contribution in [0.1, 0.15) is 16.8 Å². The number of rotatable bonds is 2.